The lowest BCUT2D eigenvalue weighted by molar-refractivity contribution is 0.0475. The first kappa shape index (κ1) is 29.4. The highest BCUT2D eigenvalue weighted by atomic mass is 32.1. The van der Waals surface area contributed by atoms with E-state index in [9.17, 15) is 14.4 Å². The van der Waals surface area contributed by atoms with Crippen LogP contribution in [0.25, 0.3) is 10.2 Å². The van der Waals surface area contributed by atoms with E-state index in [1.807, 2.05) is 76.2 Å². The second kappa shape index (κ2) is 11.8. The van der Waals surface area contributed by atoms with Crippen LogP contribution in [0.4, 0.5) is 26.7 Å². The zero-order chi connectivity index (χ0) is 31.0. The van der Waals surface area contributed by atoms with Crippen LogP contribution in [0.1, 0.15) is 61.7 Å². The summed E-state index contributed by atoms with van der Waals surface area (Å²) in [6.07, 6.45) is 4.47. The standard InChI is InChI=1S/C33H35N5O5S/c1-19-18-21(42-20-10-6-5-7-11-20)14-15-24(19)38-25-16-17-34-30-26(25)27(37-31(38)40)28(44-30)29(39)35-22-12-8-9-13-23(22)36-32(41)43-33(2,3)4/h5-7,10-11,14-18,22-23H,8-9,12-13H2,1-4H3,(H,35,39)(H,36,41)(H,37,40)/t22-,23+/m1/s1. The van der Waals surface area contributed by atoms with Gasteiger partial charge in [0.2, 0.25) is 0 Å². The van der Waals surface area contributed by atoms with Gasteiger partial charge in [-0.3, -0.25) is 9.69 Å². The van der Waals surface area contributed by atoms with Crippen molar-refractivity contribution in [3.63, 3.8) is 0 Å². The molecule has 10 nitrogen and oxygen atoms in total. The van der Waals surface area contributed by atoms with E-state index in [2.05, 4.69) is 20.9 Å². The van der Waals surface area contributed by atoms with Crippen LogP contribution in [0.5, 0.6) is 11.5 Å². The van der Waals surface area contributed by atoms with Crippen LogP contribution in [0, 0.1) is 6.92 Å². The van der Waals surface area contributed by atoms with E-state index in [1.165, 1.54) is 11.3 Å². The number of para-hydroxylation sites is 1. The molecule has 4 aromatic rings. The number of amides is 4. The Morgan fingerprint density at radius 1 is 0.977 bits per heavy atom. The van der Waals surface area contributed by atoms with Gasteiger partial charge in [0.1, 0.15) is 26.8 Å². The summed E-state index contributed by atoms with van der Waals surface area (Å²) in [6, 6.07) is 16.0. The summed E-state index contributed by atoms with van der Waals surface area (Å²) in [5, 5.41) is 9.73. The number of pyridine rings is 1. The topological polar surface area (TPSA) is 122 Å². The normalized spacial score (nSPS) is 18.0. The third-order valence-electron chi connectivity index (χ3n) is 7.62. The molecule has 3 N–H and O–H groups in total. The van der Waals surface area contributed by atoms with Crippen molar-refractivity contribution in [2.24, 2.45) is 0 Å². The number of thiophene rings is 1. The number of carbonyl (C=O) groups is 3. The number of nitrogens with one attached hydrogen (secondary N) is 3. The fraction of sp³-hybridized carbons (Fsp3) is 0.333. The van der Waals surface area contributed by atoms with Gasteiger partial charge < -0.3 is 25.4 Å². The van der Waals surface area contributed by atoms with Crippen molar-refractivity contribution in [1.82, 2.24) is 15.6 Å². The molecular formula is C33H35N5O5S. The predicted molar refractivity (Wildman–Crippen MR) is 171 cm³/mol. The number of ether oxygens (including phenoxy) is 2. The van der Waals surface area contributed by atoms with Gasteiger partial charge in [-0.1, -0.05) is 31.0 Å². The number of alkyl carbamates (subject to hydrolysis) is 1. The first-order valence-electron chi connectivity index (χ1n) is 14.7. The third-order valence-corrected chi connectivity index (χ3v) is 8.72. The van der Waals surface area contributed by atoms with Gasteiger partial charge in [-0.25, -0.2) is 14.6 Å². The molecule has 44 heavy (non-hydrogen) atoms. The Labute approximate surface area is 259 Å². The molecule has 0 radical (unpaired) electrons. The third kappa shape index (κ3) is 6.05. The van der Waals surface area contributed by atoms with Crippen LogP contribution in [0.3, 0.4) is 0 Å². The summed E-state index contributed by atoms with van der Waals surface area (Å²) in [5.41, 5.74) is 2.00. The zero-order valence-corrected chi connectivity index (χ0v) is 25.9. The van der Waals surface area contributed by atoms with E-state index in [0.29, 0.717) is 37.9 Å². The molecule has 1 aliphatic carbocycles. The smallest absolute Gasteiger partial charge is 0.407 e. The van der Waals surface area contributed by atoms with Crippen LogP contribution in [-0.4, -0.2) is 40.7 Å². The van der Waals surface area contributed by atoms with Gasteiger partial charge in [0.15, 0.2) is 0 Å². The Kier molecular flexibility index (Phi) is 7.89. The SMILES string of the molecule is Cc1cc(Oc2ccccc2)ccc1N1C(=O)Nc2c(C(=O)N[C@@H]3CCCC[C@@H]3NC(=O)OC(C)(C)C)sc3nccc1c23. The van der Waals surface area contributed by atoms with Gasteiger partial charge in [-0.2, -0.15) is 0 Å². The molecule has 11 heteroatoms. The molecule has 0 unspecified atom stereocenters. The van der Waals surface area contributed by atoms with Crippen LogP contribution < -0.4 is 25.6 Å². The second-order valence-electron chi connectivity index (χ2n) is 12.1. The fourth-order valence-corrected chi connectivity index (χ4v) is 6.74. The summed E-state index contributed by atoms with van der Waals surface area (Å²) in [5.74, 6) is 1.07. The van der Waals surface area contributed by atoms with E-state index in [1.54, 1.807) is 17.2 Å². The zero-order valence-electron chi connectivity index (χ0n) is 25.1. The number of anilines is 3. The molecule has 4 amide bonds. The molecule has 3 heterocycles. The molecule has 6 rings (SSSR count). The number of hydrogen-bond acceptors (Lipinski definition) is 7. The maximum atomic E-state index is 13.7. The number of carbonyl (C=O) groups excluding carboxylic acids is 3. The molecule has 228 valence electrons. The number of aryl methyl sites for hydroxylation is 1. The summed E-state index contributed by atoms with van der Waals surface area (Å²) < 4.78 is 11.4. The molecule has 2 aromatic carbocycles. The highest BCUT2D eigenvalue weighted by Crippen LogP contribution is 2.46. The van der Waals surface area contributed by atoms with E-state index >= 15 is 0 Å². The van der Waals surface area contributed by atoms with Crippen LogP contribution in [-0.2, 0) is 4.74 Å². The Balaban J connectivity index is 1.26. The molecule has 2 aliphatic rings. The summed E-state index contributed by atoms with van der Waals surface area (Å²) in [6.45, 7) is 7.36. The molecule has 1 aliphatic heterocycles. The summed E-state index contributed by atoms with van der Waals surface area (Å²) >= 11 is 1.23. The van der Waals surface area contributed by atoms with Crippen molar-refractivity contribution < 1.29 is 23.9 Å². The highest BCUT2D eigenvalue weighted by molar-refractivity contribution is 7.21. The minimum absolute atomic E-state index is 0.260. The lowest BCUT2D eigenvalue weighted by atomic mass is 9.90. The minimum Gasteiger partial charge on any atom is -0.457 e. The number of benzene rings is 2. The van der Waals surface area contributed by atoms with Gasteiger partial charge >= 0.3 is 12.1 Å². The van der Waals surface area contributed by atoms with Gasteiger partial charge in [-0.05, 0) is 82.5 Å². The largest absolute Gasteiger partial charge is 0.457 e. The maximum Gasteiger partial charge on any atom is 0.407 e. The average Bonchev–Trinajstić information content (AvgIpc) is 3.34. The van der Waals surface area contributed by atoms with Gasteiger partial charge in [0.05, 0.1) is 28.5 Å². The molecule has 0 spiro atoms. The van der Waals surface area contributed by atoms with Gasteiger partial charge in [0, 0.05) is 12.2 Å². The van der Waals surface area contributed by atoms with E-state index < -0.39 is 11.7 Å². The van der Waals surface area contributed by atoms with Crippen LogP contribution in [0.15, 0.2) is 60.8 Å². The van der Waals surface area contributed by atoms with Gasteiger partial charge in [0.25, 0.3) is 5.91 Å². The fourth-order valence-electron chi connectivity index (χ4n) is 5.72. The molecule has 2 atom stereocenters. The Morgan fingerprint density at radius 3 is 2.41 bits per heavy atom. The van der Waals surface area contributed by atoms with Crippen molar-refractivity contribution in [3.05, 3.63) is 71.2 Å². The average molecular weight is 614 g/mol. The van der Waals surface area contributed by atoms with Crippen molar-refractivity contribution in [2.45, 2.75) is 71.1 Å². The molecule has 1 saturated carbocycles. The maximum absolute atomic E-state index is 13.7. The second-order valence-corrected chi connectivity index (χ2v) is 13.1. The predicted octanol–water partition coefficient (Wildman–Crippen LogP) is 7.65. The Bertz CT molecular complexity index is 1730. The molecule has 0 bridgehead atoms. The Morgan fingerprint density at radius 2 is 1.70 bits per heavy atom. The molecule has 2 aromatic heterocycles. The van der Waals surface area contributed by atoms with E-state index in [4.69, 9.17) is 9.47 Å². The van der Waals surface area contributed by atoms with Crippen molar-refractivity contribution in [3.8, 4) is 11.5 Å². The minimum atomic E-state index is -0.620. The van der Waals surface area contributed by atoms with Crippen molar-refractivity contribution >= 4 is 56.6 Å². The number of hydrogen-bond donors (Lipinski definition) is 3. The van der Waals surface area contributed by atoms with E-state index in [-0.39, 0.29) is 24.0 Å². The quantitative estimate of drug-likeness (QED) is 0.205. The summed E-state index contributed by atoms with van der Waals surface area (Å²) in [4.78, 5) is 47.0. The Hall–Kier alpha value is -4.64. The highest BCUT2D eigenvalue weighted by Gasteiger charge is 2.35. The number of nitrogens with zero attached hydrogens (tertiary/aromatic N) is 2. The van der Waals surface area contributed by atoms with Crippen molar-refractivity contribution in [1.29, 1.82) is 0 Å². The lowest BCUT2D eigenvalue weighted by Gasteiger charge is -2.33. The number of urea groups is 1. The number of rotatable bonds is 6. The molecule has 1 fully saturated rings. The first-order chi connectivity index (χ1) is 21.1. The van der Waals surface area contributed by atoms with Crippen LogP contribution >= 0.6 is 11.3 Å². The van der Waals surface area contributed by atoms with Crippen molar-refractivity contribution in [2.75, 3.05) is 10.2 Å². The monoisotopic (exact) mass is 613 g/mol. The number of aromatic nitrogens is 1. The molecule has 0 saturated heterocycles. The van der Waals surface area contributed by atoms with E-state index in [0.717, 1.165) is 37.0 Å². The lowest BCUT2D eigenvalue weighted by Crippen LogP contribution is -2.53. The molecular weight excluding hydrogens is 578 g/mol. The van der Waals surface area contributed by atoms with Gasteiger partial charge in [-0.15, -0.1) is 11.3 Å². The summed E-state index contributed by atoms with van der Waals surface area (Å²) in [7, 11) is 0. The van der Waals surface area contributed by atoms with Crippen LogP contribution in [0.2, 0.25) is 0 Å². The first-order valence-corrected chi connectivity index (χ1v) is 15.6.